The van der Waals surface area contributed by atoms with Gasteiger partial charge < -0.3 is 4.57 Å². The summed E-state index contributed by atoms with van der Waals surface area (Å²) in [5, 5.41) is 10.0. The van der Waals surface area contributed by atoms with E-state index in [0.29, 0.717) is 5.66 Å². The monoisotopic (exact) mass is 642 g/mol. The van der Waals surface area contributed by atoms with Gasteiger partial charge in [0.05, 0.1) is 0 Å². The van der Waals surface area contributed by atoms with E-state index in [2.05, 4.69) is 115 Å². The van der Waals surface area contributed by atoms with Crippen LogP contribution in [0.5, 0.6) is 0 Å². The fraction of sp³-hybridized carbons (Fsp3) is 0.0909. The van der Waals surface area contributed by atoms with Crippen molar-refractivity contribution in [3.05, 3.63) is 176 Å². The van der Waals surface area contributed by atoms with Crippen LogP contribution in [0, 0.1) is 0 Å². The minimum absolute atomic E-state index is 0.425. The molecule has 7 aromatic carbocycles. The summed E-state index contributed by atoms with van der Waals surface area (Å²) < 4.78 is 16.2. The third-order valence-corrected chi connectivity index (χ3v) is 15.4. The van der Waals surface area contributed by atoms with Gasteiger partial charge in [-0.2, -0.15) is 0 Å². The van der Waals surface area contributed by atoms with Gasteiger partial charge in [-0.1, -0.05) is 170 Å². The molecule has 0 bridgehead atoms. The van der Waals surface area contributed by atoms with Crippen molar-refractivity contribution in [2.45, 2.75) is 24.9 Å². The van der Waals surface area contributed by atoms with Crippen molar-refractivity contribution in [2.75, 3.05) is 0 Å². The molecule has 0 spiro atoms. The van der Waals surface area contributed by atoms with Crippen molar-refractivity contribution >= 4 is 63.1 Å². The average molecular weight is 643 g/mol. The highest BCUT2D eigenvalue weighted by molar-refractivity contribution is 7.85. The molecule has 0 aromatic heterocycles. The summed E-state index contributed by atoms with van der Waals surface area (Å²) >= 11 is 0. The van der Waals surface area contributed by atoms with E-state index in [1.165, 1.54) is 33.4 Å². The van der Waals surface area contributed by atoms with Crippen LogP contribution in [0.1, 0.15) is 19.3 Å². The van der Waals surface area contributed by atoms with Gasteiger partial charge in [-0.3, -0.25) is 0 Å². The highest BCUT2D eigenvalue weighted by Crippen LogP contribution is 2.51. The minimum atomic E-state index is -3.32. The molecule has 1 aliphatic rings. The molecule has 47 heavy (non-hydrogen) atoms. The maximum atomic E-state index is 16.2. The van der Waals surface area contributed by atoms with Gasteiger partial charge in [-0.05, 0) is 71.0 Å². The zero-order valence-corrected chi connectivity index (χ0v) is 28.0. The van der Waals surface area contributed by atoms with E-state index in [1.54, 1.807) is 0 Å². The summed E-state index contributed by atoms with van der Waals surface area (Å²) in [5.74, 6) is 0. The van der Waals surface area contributed by atoms with Gasteiger partial charge in [-0.25, -0.2) is 0 Å². The van der Waals surface area contributed by atoms with E-state index < -0.39 is 15.1 Å². The summed E-state index contributed by atoms with van der Waals surface area (Å²) in [6.45, 7) is 0. The maximum absolute atomic E-state index is 16.2. The summed E-state index contributed by atoms with van der Waals surface area (Å²) in [4.78, 5) is 0. The number of fused-ring (bicyclic) bond motifs is 2. The van der Waals surface area contributed by atoms with Crippen LogP contribution in [0.15, 0.2) is 176 Å². The molecule has 0 N–H and O–H groups in total. The molecule has 2 atom stereocenters. The molecular weight excluding hydrogens is 606 g/mol. The lowest BCUT2D eigenvalue weighted by molar-refractivity contribution is 0.592. The fourth-order valence-electron chi connectivity index (χ4n) is 7.32. The quantitative estimate of drug-likeness (QED) is 0.125. The van der Waals surface area contributed by atoms with E-state index in [0.717, 1.165) is 45.1 Å². The van der Waals surface area contributed by atoms with Gasteiger partial charge in [0.1, 0.15) is 0 Å². The van der Waals surface area contributed by atoms with Gasteiger partial charge in [0.2, 0.25) is 0 Å². The Morgan fingerprint density at radius 1 is 0.532 bits per heavy atom. The smallest absolute Gasteiger partial charge is 0.171 e. The number of benzene rings is 7. The predicted octanol–water partition coefficient (Wildman–Crippen LogP) is 9.84. The van der Waals surface area contributed by atoms with E-state index in [1.807, 2.05) is 60.7 Å². The largest absolute Gasteiger partial charge is 0.309 e. The highest BCUT2D eigenvalue weighted by atomic mass is 31.2. The Balaban J connectivity index is 1.54. The molecule has 0 amide bonds. The molecule has 0 saturated heterocycles. The first-order valence-electron chi connectivity index (χ1n) is 16.5. The van der Waals surface area contributed by atoms with Gasteiger partial charge in [0, 0.05) is 27.1 Å². The lowest BCUT2D eigenvalue weighted by Gasteiger charge is -2.32. The van der Waals surface area contributed by atoms with Gasteiger partial charge in [-0.15, -0.1) is 0 Å². The van der Waals surface area contributed by atoms with Crippen molar-refractivity contribution in [1.29, 1.82) is 0 Å². The second-order valence-corrected chi connectivity index (χ2v) is 17.4. The molecule has 0 aliphatic heterocycles. The Kier molecular flexibility index (Phi) is 8.21. The molecule has 0 fully saturated rings. The zero-order chi connectivity index (χ0) is 31.6. The van der Waals surface area contributed by atoms with Crippen LogP contribution in [0.2, 0.25) is 0 Å². The molecule has 8 rings (SSSR count). The first-order chi connectivity index (χ1) is 23.2. The van der Waals surface area contributed by atoms with Crippen LogP contribution >= 0.6 is 15.1 Å². The predicted molar refractivity (Wildman–Crippen MR) is 206 cm³/mol. The van der Waals surface area contributed by atoms with Crippen LogP contribution in [-0.4, -0.2) is 5.66 Å². The maximum Gasteiger partial charge on any atom is 0.171 e. The topological polar surface area (TPSA) is 17.1 Å². The molecule has 1 aliphatic carbocycles. The third-order valence-electron chi connectivity index (χ3n) is 9.50. The van der Waals surface area contributed by atoms with Gasteiger partial charge in [0.25, 0.3) is 0 Å². The Bertz CT molecular complexity index is 2210. The van der Waals surface area contributed by atoms with Crippen LogP contribution < -0.4 is 26.5 Å². The van der Waals surface area contributed by atoms with Crippen LogP contribution in [0.3, 0.4) is 0 Å². The lowest BCUT2D eigenvalue weighted by Crippen LogP contribution is -2.28. The number of hydrogen-bond acceptors (Lipinski definition) is 1. The fourth-order valence-corrected chi connectivity index (χ4v) is 13.1. The highest BCUT2D eigenvalue weighted by Gasteiger charge is 2.35. The Labute approximate surface area is 278 Å². The summed E-state index contributed by atoms with van der Waals surface area (Å²) in [5.41, 5.74) is 2.74. The molecule has 1 nitrogen and oxygen atoms in total. The van der Waals surface area contributed by atoms with E-state index in [4.69, 9.17) is 0 Å². The van der Waals surface area contributed by atoms with Crippen molar-refractivity contribution in [1.82, 2.24) is 0 Å². The molecule has 0 saturated carbocycles. The zero-order valence-electron chi connectivity index (χ0n) is 26.2. The van der Waals surface area contributed by atoms with E-state index >= 15 is 4.57 Å². The first-order valence-corrected chi connectivity index (χ1v) is 19.6. The Morgan fingerprint density at radius 2 is 1.06 bits per heavy atom. The van der Waals surface area contributed by atoms with Crippen molar-refractivity contribution in [3.63, 3.8) is 0 Å². The van der Waals surface area contributed by atoms with Crippen molar-refractivity contribution in [2.24, 2.45) is 0 Å². The summed E-state index contributed by atoms with van der Waals surface area (Å²) in [7, 11) is -4.10. The third kappa shape index (κ3) is 5.39. The molecule has 2 unspecified atom stereocenters. The molecule has 7 aromatic rings. The lowest BCUT2D eigenvalue weighted by atomic mass is 9.93. The Morgan fingerprint density at radius 3 is 1.66 bits per heavy atom. The molecule has 228 valence electrons. The SMILES string of the molecule is O=P(c1ccccc1)(c1ccccc1)c1ccc2ccccc2c1-c1c(P(c2ccccc2)C2C=CCCC2)ccc2ccccc12. The number of allylic oxidation sites excluding steroid dienone is 2. The minimum Gasteiger partial charge on any atom is -0.309 e. The average Bonchev–Trinajstić information content (AvgIpc) is 3.16. The van der Waals surface area contributed by atoms with Crippen LogP contribution in [0.4, 0.5) is 0 Å². The summed E-state index contributed by atoms with van der Waals surface area (Å²) in [6, 6.07) is 57.8. The van der Waals surface area contributed by atoms with E-state index in [-0.39, 0.29) is 0 Å². The normalized spacial score (nSPS) is 15.5. The first kappa shape index (κ1) is 29.8. The molecular formula is C44H36OP2. The molecule has 0 radical (unpaired) electrons. The molecule has 3 heteroatoms. The van der Waals surface area contributed by atoms with Crippen molar-refractivity contribution < 1.29 is 4.57 Å². The second kappa shape index (κ2) is 12.9. The van der Waals surface area contributed by atoms with Gasteiger partial charge in [0.15, 0.2) is 7.14 Å². The summed E-state index contributed by atoms with van der Waals surface area (Å²) in [6.07, 6.45) is 8.37. The van der Waals surface area contributed by atoms with Crippen molar-refractivity contribution in [3.8, 4) is 11.1 Å². The number of hydrogen-bond donors (Lipinski definition) is 0. The van der Waals surface area contributed by atoms with E-state index in [9.17, 15) is 0 Å². The van der Waals surface area contributed by atoms with Gasteiger partial charge >= 0.3 is 0 Å². The standard InChI is InChI=1S/C44H36OP2/c45-47(37-23-9-3-10-24-37,38-25-11-4-12-26-38)42-32-30-34-18-14-16-28-40(34)44(42)43-39-27-15-13-17-33(39)29-31-41(43)46(35-19-5-1-6-20-35)36-21-7-2-8-22-36/h1,3-7,9-21,23-32,36H,2,8,22H2. The second-order valence-electron chi connectivity index (χ2n) is 12.3. The van der Waals surface area contributed by atoms with Crippen LogP contribution in [0.25, 0.3) is 32.7 Å². The van der Waals surface area contributed by atoms with Crippen LogP contribution in [-0.2, 0) is 4.57 Å². The Hall–Kier alpha value is -4.54. The number of rotatable bonds is 7. The molecule has 0 heterocycles.